The molecule has 2 aromatic rings. The van der Waals surface area contributed by atoms with Gasteiger partial charge in [0.1, 0.15) is 5.75 Å². The number of carbonyl (C=O) groups excluding carboxylic acids is 2. The van der Waals surface area contributed by atoms with Crippen LogP contribution in [-0.4, -0.2) is 30.2 Å². The van der Waals surface area contributed by atoms with E-state index in [-0.39, 0.29) is 12.5 Å². The number of aromatic nitrogens is 1. The lowest BCUT2D eigenvalue weighted by atomic mass is 10.1. The number of anilines is 1. The van der Waals surface area contributed by atoms with Gasteiger partial charge in [0, 0.05) is 24.5 Å². The maximum Gasteiger partial charge on any atom is 0.340 e. The minimum absolute atomic E-state index is 0.146. The average molecular weight is 318 g/mol. The highest BCUT2D eigenvalue weighted by Gasteiger charge is 2.24. The number of hydrogen-bond acceptors (Lipinski definition) is 4. The van der Waals surface area contributed by atoms with Gasteiger partial charge in [0.2, 0.25) is 5.91 Å². The zero-order valence-electron chi connectivity index (χ0n) is 14.1. The molecule has 0 spiro atoms. The molecule has 0 bridgehead atoms. The summed E-state index contributed by atoms with van der Waals surface area (Å²) in [6, 6.07) is 3.65. The first-order chi connectivity index (χ1) is 11.0. The number of esters is 1. The Labute approximate surface area is 135 Å². The molecule has 1 amide bonds. The number of fused-ring (bicyclic) bond motifs is 1. The van der Waals surface area contributed by atoms with Gasteiger partial charge in [-0.15, -0.1) is 0 Å². The second-order valence-corrected chi connectivity index (χ2v) is 5.18. The summed E-state index contributed by atoms with van der Waals surface area (Å²) in [5, 5.41) is 3.49. The van der Waals surface area contributed by atoms with Crippen LogP contribution in [0.15, 0.2) is 12.1 Å². The first kappa shape index (κ1) is 16.9. The molecular weight excluding hydrogens is 296 g/mol. The van der Waals surface area contributed by atoms with Gasteiger partial charge in [-0.05, 0) is 26.0 Å². The number of hydrogen-bond donors (Lipinski definition) is 1. The minimum atomic E-state index is -0.407. The predicted molar refractivity (Wildman–Crippen MR) is 89.1 cm³/mol. The van der Waals surface area contributed by atoms with Crippen molar-refractivity contribution >= 4 is 28.5 Å². The van der Waals surface area contributed by atoms with Crippen LogP contribution < -0.4 is 10.1 Å². The molecule has 0 fully saturated rings. The fourth-order valence-corrected chi connectivity index (χ4v) is 2.61. The standard InChI is InChI=1S/C17H22N2O4/c1-6-13(20)18-16-12(22-5)9-8-11-15(16)14(10(3)19(11)4)17(21)23-7-2/h8-9H,6-7H2,1-5H3,(H,18,20). The summed E-state index contributed by atoms with van der Waals surface area (Å²) >= 11 is 0. The van der Waals surface area contributed by atoms with E-state index in [0.717, 1.165) is 11.2 Å². The number of ether oxygens (including phenoxy) is 2. The average Bonchev–Trinajstić information content (AvgIpc) is 2.80. The Morgan fingerprint density at radius 2 is 1.96 bits per heavy atom. The van der Waals surface area contributed by atoms with Gasteiger partial charge >= 0.3 is 5.97 Å². The lowest BCUT2D eigenvalue weighted by molar-refractivity contribution is -0.115. The SMILES string of the molecule is CCOC(=O)c1c(C)n(C)c2ccc(OC)c(NC(=O)CC)c12. The van der Waals surface area contributed by atoms with Gasteiger partial charge in [0.05, 0.1) is 30.5 Å². The number of methoxy groups -OCH3 is 1. The summed E-state index contributed by atoms with van der Waals surface area (Å²) in [6.45, 7) is 5.67. The fraction of sp³-hybridized carbons (Fsp3) is 0.412. The fourth-order valence-electron chi connectivity index (χ4n) is 2.61. The lowest BCUT2D eigenvalue weighted by Gasteiger charge is -2.12. The van der Waals surface area contributed by atoms with Crippen LogP contribution in [0.25, 0.3) is 10.9 Å². The second kappa shape index (κ2) is 6.73. The first-order valence-electron chi connectivity index (χ1n) is 7.59. The van der Waals surface area contributed by atoms with Crippen LogP contribution in [0.1, 0.15) is 36.3 Å². The Bertz CT molecular complexity index is 762. The summed E-state index contributed by atoms with van der Waals surface area (Å²) in [7, 11) is 3.40. The topological polar surface area (TPSA) is 69.6 Å². The number of rotatable bonds is 5. The molecule has 124 valence electrons. The van der Waals surface area contributed by atoms with Crippen molar-refractivity contribution in [3.63, 3.8) is 0 Å². The van der Waals surface area contributed by atoms with E-state index in [4.69, 9.17) is 9.47 Å². The lowest BCUT2D eigenvalue weighted by Crippen LogP contribution is -2.12. The van der Waals surface area contributed by atoms with Crippen molar-refractivity contribution in [1.82, 2.24) is 4.57 Å². The number of nitrogens with zero attached hydrogens (tertiary/aromatic N) is 1. The van der Waals surface area contributed by atoms with Gasteiger partial charge in [-0.3, -0.25) is 4.79 Å². The Balaban J connectivity index is 2.81. The van der Waals surface area contributed by atoms with Gasteiger partial charge in [0.15, 0.2) is 0 Å². The van der Waals surface area contributed by atoms with Gasteiger partial charge in [-0.2, -0.15) is 0 Å². The van der Waals surface area contributed by atoms with E-state index in [9.17, 15) is 9.59 Å². The zero-order valence-corrected chi connectivity index (χ0v) is 14.1. The van der Waals surface area contributed by atoms with Crippen molar-refractivity contribution in [2.75, 3.05) is 19.0 Å². The van der Waals surface area contributed by atoms with Crippen LogP contribution in [-0.2, 0) is 16.6 Å². The molecule has 0 aliphatic heterocycles. The van der Waals surface area contributed by atoms with E-state index < -0.39 is 5.97 Å². The van der Waals surface area contributed by atoms with Crippen LogP contribution in [0.3, 0.4) is 0 Å². The molecule has 6 nitrogen and oxygen atoms in total. The molecule has 1 heterocycles. The largest absolute Gasteiger partial charge is 0.495 e. The van der Waals surface area contributed by atoms with Crippen LogP contribution in [0.4, 0.5) is 5.69 Å². The maximum atomic E-state index is 12.4. The van der Waals surface area contributed by atoms with Gasteiger partial charge in [-0.1, -0.05) is 6.92 Å². The predicted octanol–water partition coefficient (Wildman–Crippen LogP) is 3.02. The number of aryl methyl sites for hydroxylation is 1. The number of amides is 1. The number of benzene rings is 1. The van der Waals surface area contributed by atoms with Crippen molar-refractivity contribution in [3.8, 4) is 5.75 Å². The van der Waals surface area contributed by atoms with E-state index in [1.165, 1.54) is 7.11 Å². The zero-order chi connectivity index (χ0) is 17.1. The van der Waals surface area contributed by atoms with Crippen LogP contribution in [0, 0.1) is 6.92 Å². The quantitative estimate of drug-likeness (QED) is 0.860. The Kier molecular flexibility index (Phi) is 4.93. The molecule has 1 aromatic heterocycles. The molecule has 0 radical (unpaired) electrons. The molecular formula is C17H22N2O4. The third-order valence-electron chi connectivity index (χ3n) is 3.91. The smallest absolute Gasteiger partial charge is 0.340 e. The molecule has 0 aliphatic rings. The van der Waals surface area contributed by atoms with Crippen molar-refractivity contribution in [2.24, 2.45) is 7.05 Å². The van der Waals surface area contributed by atoms with Crippen LogP contribution in [0.2, 0.25) is 0 Å². The molecule has 2 rings (SSSR count). The number of carbonyl (C=O) groups is 2. The molecule has 0 atom stereocenters. The minimum Gasteiger partial charge on any atom is -0.495 e. The van der Waals surface area contributed by atoms with Crippen LogP contribution >= 0.6 is 0 Å². The molecule has 1 N–H and O–H groups in total. The summed E-state index contributed by atoms with van der Waals surface area (Å²) < 4.78 is 12.5. The summed E-state index contributed by atoms with van der Waals surface area (Å²) in [5.41, 5.74) is 2.56. The molecule has 6 heteroatoms. The van der Waals surface area contributed by atoms with Crippen molar-refractivity contribution in [3.05, 3.63) is 23.4 Å². The number of nitrogens with one attached hydrogen (secondary N) is 1. The Hall–Kier alpha value is -2.50. The molecule has 0 saturated heterocycles. The Morgan fingerprint density at radius 3 is 2.52 bits per heavy atom. The summed E-state index contributed by atoms with van der Waals surface area (Å²) in [5.74, 6) is -0.0431. The summed E-state index contributed by atoms with van der Waals surface area (Å²) in [6.07, 6.45) is 0.333. The maximum absolute atomic E-state index is 12.4. The van der Waals surface area contributed by atoms with Gasteiger partial charge in [0.25, 0.3) is 0 Å². The van der Waals surface area contributed by atoms with Gasteiger partial charge < -0.3 is 19.4 Å². The van der Waals surface area contributed by atoms with Crippen LogP contribution in [0.5, 0.6) is 5.75 Å². The summed E-state index contributed by atoms with van der Waals surface area (Å²) in [4.78, 5) is 24.3. The van der Waals surface area contributed by atoms with E-state index in [1.807, 2.05) is 24.6 Å². The molecule has 23 heavy (non-hydrogen) atoms. The van der Waals surface area contributed by atoms with E-state index in [2.05, 4.69) is 5.32 Å². The molecule has 0 unspecified atom stereocenters. The van der Waals surface area contributed by atoms with E-state index >= 15 is 0 Å². The monoisotopic (exact) mass is 318 g/mol. The van der Waals surface area contributed by atoms with E-state index in [1.54, 1.807) is 19.9 Å². The Morgan fingerprint density at radius 1 is 1.26 bits per heavy atom. The molecule has 1 aromatic carbocycles. The van der Waals surface area contributed by atoms with E-state index in [0.29, 0.717) is 28.8 Å². The van der Waals surface area contributed by atoms with Gasteiger partial charge in [-0.25, -0.2) is 4.79 Å². The third kappa shape index (κ3) is 2.88. The van der Waals surface area contributed by atoms with Crippen molar-refractivity contribution in [1.29, 1.82) is 0 Å². The normalized spacial score (nSPS) is 10.7. The highest BCUT2D eigenvalue weighted by Crippen LogP contribution is 2.38. The highest BCUT2D eigenvalue weighted by molar-refractivity contribution is 6.14. The van der Waals surface area contributed by atoms with Crippen molar-refractivity contribution < 1.29 is 19.1 Å². The van der Waals surface area contributed by atoms with Crippen molar-refractivity contribution in [2.45, 2.75) is 27.2 Å². The highest BCUT2D eigenvalue weighted by atomic mass is 16.5. The third-order valence-corrected chi connectivity index (χ3v) is 3.91. The first-order valence-corrected chi connectivity index (χ1v) is 7.59. The molecule has 0 saturated carbocycles. The second-order valence-electron chi connectivity index (χ2n) is 5.18. The molecule has 0 aliphatic carbocycles.